The van der Waals surface area contributed by atoms with Crippen LogP contribution in [0.25, 0.3) is 22.5 Å². The van der Waals surface area contributed by atoms with E-state index < -0.39 is 11.9 Å². The van der Waals surface area contributed by atoms with Crippen LogP contribution < -0.4 is 5.32 Å². The molecule has 156 valence electrons. The van der Waals surface area contributed by atoms with Crippen molar-refractivity contribution in [3.8, 4) is 22.5 Å². The van der Waals surface area contributed by atoms with Gasteiger partial charge in [0.25, 0.3) is 5.91 Å². The average Bonchev–Trinajstić information content (AvgIpc) is 3.35. The van der Waals surface area contributed by atoms with E-state index in [9.17, 15) is 14.4 Å². The van der Waals surface area contributed by atoms with Crippen LogP contribution in [-0.4, -0.2) is 43.7 Å². The van der Waals surface area contributed by atoms with E-state index in [1.807, 2.05) is 54.1 Å². The quantitative estimate of drug-likeness (QED) is 0.660. The minimum Gasteiger partial charge on any atom is -0.322 e. The number of piperidine rings is 1. The van der Waals surface area contributed by atoms with Gasteiger partial charge in [0.15, 0.2) is 0 Å². The van der Waals surface area contributed by atoms with Gasteiger partial charge in [-0.3, -0.25) is 19.7 Å². The fraction of sp³-hybridized carbons (Fsp3) is 0.261. The highest BCUT2D eigenvalue weighted by Crippen LogP contribution is 2.34. The molecule has 0 radical (unpaired) electrons. The lowest BCUT2D eigenvalue weighted by Crippen LogP contribution is -2.52. The summed E-state index contributed by atoms with van der Waals surface area (Å²) in [5, 5.41) is 11.1. The number of benzene rings is 2. The fourth-order valence-corrected chi connectivity index (χ4v) is 4.33. The molecular weight excluding hydrogens is 394 g/mol. The van der Waals surface area contributed by atoms with Crippen LogP contribution in [0.5, 0.6) is 0 Å². The van der Waals surface area contributed by atoms with Gasteiger partial charge in [-0.1, -0.05) is 41.6 Å². The van der Waals surface area contributed by atoms with E-state index in [2.05, 4.69) is 15.6 Å². The van der Waals surface area contributed by atoms with E-state index in [0.29, 0.717) is 25.1 Å². The van der Waals surface area contributed by atoms with Gasteiger partial charge in [-0.25, -0.2) is 4.68 Å². The zero-order valence-electron chi connectivity index (χ0n) is 17.0. The molecule has 5 rings (SSSR count). The molecule has 0 aliphatic carbocycles. The topological polar surface area (TPSA) is 97.2 Å². The Balaban J connectivity index is 1.50. The molecule has 1 unspecified atom stereocenters. The Kier molecular flexibility index (Phi) is 4.62. The van der Waals surface area contributed by atoms with E-state index in [4.69, 9.17) is 0 Å². The Bertz CT molecular complexity index is 1200. The predicted molar refractivity (Wildman–Crippen MR) is 113 cm³/mol. The van der Waals surface area contributed by atoms with Gasteiger partial charge in [-0.05, 0) is 31.0 Å². The number of carbonyl (C=O) groups is 3. The van der Waals surface area contributed by atoms with Crippen molar-refractivity contribution < 1.29 is 14.4 Å². The van der Waals surface area contributed by atoms with Crippen LogP contribution in [0.1, 0.15) is 35.7 Å². The minimum absolute atomic E-state index is 0.184. The molecule has 2 aliphatic heterocycles. The molecular formula is C23H21N5O3. The number of nitrogens with zero attached hydrogens (tertiary/aromatic N) is 4. The van der Waals surface area contributed by atoms with Crippen molar-refractivity contribution in [2.24, 2.45) is 0 Å². The molecule has 1 aromatic heterocycles. The number of imide groups is 1. The molecule has 0 bridgehead atoms. The third-order valence-electron chi connectivity index (χ3n) is 5.88. The molecule has 8 nitrogen and oxygen atoms in total. The van der Waals surface area contributed by atoms with Crippen LogP contribution in [0, 0.1) is 0 Å². The predicted octanol–water partition coefficient (Wildman–Crippen LogP) is 2.39. The van der Waals surface area contributed by atoms with Gasteiger partial charge in [-0.15, -0.1) is 5.10 Å². The van der Waals surface area contributed by atoms with E-state index in [1.54, 1.807) is 11.0 Å². The van der Waals surface area contributed by atoms with Crippen molar-refractivity contribution in [2.45, 2.75) is 38.9 Å². The van der Waals surface area contributed by atoms with Crippen LogP contribution in [0.3, 0.4) is 0 Å². The summed E-state index contributed by atoms with van der Waals surface area (Å²) in [6.45, 7) is 3.03. The summed E-state index contributed by atoms with van der Waals surface area (Å²) in [5.41, 5.74) is 4.99. The average molecular weight is 415 g/mol. The summed E-state index contributed by atoms with van der Waals surface area (Å²) in [7, 11) is 0. The number of aryl methyl sites for hydroxylation is 1. The molecule has 1 saturated heterocycles. The Morgan fingerprint density at radius 2 is 1.87 bits per heavy atom. The first-order valence-electron chi connectivity index (χ1n) is 10.3. The fourth-order valence-electron chi connectivity index (χ4n) is 4.33. The Morgan fingerprint density at radius 1 is 1.06 bits per heavy atom. The van der Waals surface area contributed by atoms with Crippen molar-refractivity contribution in [1.82, 2.24) is 25.2 Å². The molecule has 31 heavy (non-hydrogen) atoms. The first-order valence-corrected chi connectivity index (χ1v) is 10.3. The third-order valence-corrected chi connectivity index (χ3v) is 5.88. The van der Waals surface area contributed by atoms with E-state index in [1.165, 1.54) is 0 Å². The van der Waals surface area contributed by atoms with Crippen molar-refractivity contribution in [2.75, 3.05) is 0 Å². The second-order valence-electron chi connectivity index (χ2n) is 7.74. The van der Waals surface area contributed by atoms with Gasteiger partial charge in [-0.2, -0.15) is 0 Å². The lowest BCUT2D eigenvalue weighted by atomic mass is 10.0. The van der Waals surface area contributed by atoms with Crippen molar-refractivity contribution in [1.29, 1.82) is 0 Å². The number of amides is 3. The minimum atomic E-state index is -0.623. The SMILES string of the molecule is CCn1nnc(-c2ccc3c(c2)CN(C2CCC(=O)NC2=O)C3=O)c1-c1ccccc1. The third kappa shape index (κ3) is 3.20. The van der Waals surface area contributed by atoms with Crippen LogP contribution >= 0.6 is 0 Å². The summed E-state index contributed by atoms with van der Waals surface area (Å²) in [6, 6.07) is 15.0. The van der Waals surface area contributed by atoms with Crippen LogP contribution in [0.15, 0.2) is 48.5 Å². The first-order chi connectivity index (χ1) is 15.1. The summed E-state index contributed by atoms with van der Waals surface area (Å²) in [4.78, 5) is 38.2. The van der Waals surface area contributed by atoms with Gasteiger partial charge in [0, 0.05) is 36.2 Å². The maximum Gasteiger partial charge on any atom is 0.255 e. The lowest BCUT2D eigenvalue weighted by Gasteiger charge is -2.29. The van der Waals surface area contributed by atoms with Gasteiger partial charge >= 0.3 is 0 Å². The molecule has 3 heterocycles. The van der Waals surface area contributed by atoms with Crippen LogP contribution in [0.4, 0.5) is 0 Å². The number of carbonyl (C=O) groups excluding carboxylic acids is 3. The molecule has 0 saturated carbocycles. The smallest absolute Gasteiger partial charge is 0.255 e. The number of hydrogen-bond donors (Lipinski definition) is 1. The molecule has 0 spiro atoms. The molecule has 1 atom stereocenters. The second kappa shape index (κ2) is 7.46. The van der Waals surface area contributed by atoms with Crippen LogP contribution in [-0.2, 0) is 22.7 Å². The number of aromatic nitrogens is 3. The Labute approximate surface area is 178 Å². The van der Waals surface area contributed by atoms with Gasteiger partial charge in [0.2, 0.25) is 11.8 Å². The maximum absolute atomic E-state index is 12.9. The molecule has 1 N–H and O–H groups in total. The van der Waals surface area contributed by atoms with E-state index in [0.717, 1.165) is 28.1 Å². The van der Waals surface area contributed by atoms with Gasteiger partial charge in [0.05, 0.1) is 5.69 Å². The van der Waals surface area contributed by atoms with Crippen molar-refractivity contribution in [3.05, 3.63) is 59.7 Å². The Hall–Kier alpha value is -3.81. The molecule has 1 fully saturated rings. The summed E-state index contributed by atoms with van der Waals surface area (Å²) in [6.07, 6.45) is 0.586. The highest BCUT2D eigenvalue weighted by atomic mass is 16.2. The zero-order chi connectivity index (χ0) is 21.5. The molecule has 3 aromatic rings. The van der Waals surface area contributed by atoms with Crippen LogP contribution in [0.2, 0.25) is 0 Å². The second-order valence-corrected chi connectivity index (χ2v) is 7.74. The van der Waals surface area contributed by atoms with Gasteiger partial charge < -0.3 is 4.90 Å². The summed E-state index contributed by atoms with van der Waals surface area (Å²) in [5.74, 6) is -0.883. The van der Waals surface area contributed by atoms with Gasteiger partial charge in [0.1, 0.15) is 11.7 Å². The standard InChI is InChI=1S/C23H21N5O3/c1-2-28-21(14-6-4-3-5-7-14)20(25-26-28)15-8-9-17-16(12-15)13-27(23(17)31)18-10-11-19(29)24-22(18)30/h3-9,12,18H,2,10-11,13H2,1H3,(H,24,29,30). The van der Waals surface area contributed by atoms with E-state index in [-0.39, 0.29) is 18.2 Å². The highest BCUT2D eigenvalue weighted by molar-refractivity contribution is 6.05. The highest BCUT2D eigenvalue weighted by Gasteiger charge is 2.39. The monoisotopic (exact) mass is 415 g/mol. The number of hydrogen-bond acceptors (Lipinski definition) is 5. The maximum atomic E-state index is 12.9. The molecule has 8 heteroatoms. The molecule has 3 amide bonds. The summed E-state index contributed by atoms with van der Waals surface area (Å²) < 4.78 is 1.86. The number of fused-ring (bicyclic) bond motifs is 1. The Morgan fingerprint density at radius 3 is 2.61 bits per heavy atom. The summed E-state index contributed by atoms with van der Waals surface area (Å²) >= 11 is 0. The lowest BCUT2D eigenvalue weighted by molar-refractivity contribution is -0.136. The molecule has 2 aromatic carbocycles. The first kappa shape index (κ1) is 19.2. The normalized spacial score (nSPS) is 18.3. The van der Waals surface area contributed by atoms with Crippen molar-refractivity contribution >= 4 is 17.7 Å². The number of rotatable bonds is 4. The largest absolute Gasteiger partial charge is 0.322 e. The van der Waals surface area contributed by atoms with E-state index >= 15 is 0 Å². The van der Waals surface area contributed by atoms with Crippen molar-refractivity contribution in [3.63, 3.8) is 0 Å². The number of nitrogens with one attached hydrogen (secondary N) is 1. The zero-order valence-corrected chi connectivity index (χ0v) is 17.0. The molecule has 2 aliphatic rings.